The Morgan fingerprint density at radius 1 is 1.13 bits per heavy atom. The number of carbonyl (C=O) groups is 1. The Hall–Kier alpha value is -2.49. The Kier molecular flexibility index (Phi) is 4.81. The summed E-state index contributed by atoms with van der Waals surface area (Å²) in [6.07, 6.45) is 0. The monoisotopic (exact) mass is 310 g/mol. The molecule has 3 rings (SSSR count). The second-order valence-electron chi connectivity index (χ2n) is 5.63. The molecule has 0 aliphatic carbocycles. The minimum atomic E-state index is 0.146. The third-order valence-corrected chi connectivity index (χ3v) is 4.10. The van der Waals surface area contributed by atoms with Gasteiger partial charge in [0.05, 0.1) is 18.8 Å². The lowest BCUT2D eigenvalue weighted by Gasteiger charge is -2.32. The molecule has 1 aliphatic rings. The Bertz CT molecular complexity index is 657. The van der Waals surface area contributed by atoms with Crippen molar-refractivity contribution in [2.75, 3.05) is 31.1 Å². The summed E-state index contributed by atoms with van der Waals surface area (Å²) in [4.78, 5) is 16.7. The summed E-state index contributed by atoms with van der Waals surface area (Å²) in [5.74, 6) is 1.01. The van der Waals surface area contributed by atoms with Crippen LogP contribution in [-0.4, -0.2) is 37.0 Å². The van der Waals surface area contributed by atoms with E-state index in [1.54, 1.807) is 0 Å². The van der Waals surface area contributed by atoms with Crippen LogP contribution in [0.15, 0.2) is 54.6 Å². The number of para-hydroxylation sites is 2. The lowest BCUT2D eigenvalue weighted by molar-refractivity contribution is -0.130. The van der Waals surface area contributed by atoms with E-state index in [4.69, 9.17) is 4.74 Å². The molecule has 1 heterocycles. The Labute approximate surface area is 137 Å². The van der Waals surface area contributed by atoms with E-state index in [9.17, 15) is 4.79 Å². The molecule has 1 aliphatic heterocycles. The van der Waals surface area contributed by atoms with Crippen LogP contribution >= 0.6 is 0 Å². The van der Waals surface area contributed by atoms with Crippen molar-refractivity contribution in [3.8, 4) is 5.75 Å². The molecule has 23 heavy (non-hydrogen) atoms. The van der Waals surface area contributed by atoms with E-state index < -0.39 is 0 Å². The van der Waals surface area contributed by atoms with Crippen molar-refractivity contribution in [3.63, 3.8) is 0 Å². The number of likely N-dealkylation sites (N-methyl/N-ethyl adjacent to an activating group) is 1. The zero-order chi connectivity index (χ0) is 16.1. The highest BCUT2D eigenvalue weighted by Crippen LogP contribution is 2.30. The van der Waals surface area contributed by atoms with Crippen molar-refractivity contribution in [2.24, 2.45) is 0 Å². The van der Waals surface area contributed by atoms with Crippen LogP contribution in [0.4, 0.5) is 5.69 Å². The average Bonchev–Trinajstić information content (AvgIpc) is 2.61. The molecule has 0 radical (unpaired) electrons. The van der Waals surface area contributed by atoms with E-state index >= 15 is 0 Å². The fraction of sp³-hybridized carbons (Fsp3) is 0.316. The first-order valence-electron chi connectivity index (χ1n) is 8.06. The average molecular weight is 310 g/mol. The molecule has 0 bridgehead atoms. The van der Waals surface area contributed by atoms with Gasteiger partial charge in [0.2, 0.25) is 5.91 Å². The number of anilines is 1. The summed E-state index contributed by atoms with van der Waals surface area (Å²) < 4.78 is 5.65. The van der Waals surface area contributed by atoms with Gasteiger partial charge in [-0.1, -0.05) is 42.5 Å². The maximum Gasteiger partial charge on any atom is 0.242 e. The highest BCUT2D eigenvalue weighted by atomic mass is 16.5. The molecule has 0 N–H and O–H groups in total. The van der Waals surface area contributed by atoms with E-state index in [1.807, 2.05) is 54.3 Å². The lowest BCUT2D eigenvalue weighted by atomic mass is 10.2. The van der Waals surface area contributed by atoms with Crippen LogP contribution < -0.4 is 9.64 Å². The van der Waals surface area contributed by atoms with Crippen LogP contribution in [0.5, 0.6) is 5.75 Å². The van der Waals surface area contributed by atoms with Crippen molar-refractivity contribution in [1.82, 2.24) is 4.90 Å². The molecule has 0 aromatic heterocycles. The molecule has 2 aromatic carbocycles. The fourth-order valence-electron chi connectivity index (χ4n) is 2.83. The summed E-state index contributed by atoms with van der Waals surface area (Å²) in [6, 6.07) is 18.0. The van der Waals surface area contributed by atoms with Crippen molar-refractivity contribution in [1.29, 1.82) is 0 Å². The highest BCUT2D eigenvalue weighted by molar-refractivity contribution is 5.82. The van der Waals surface area contributed by atoms with E-state index in [1.165, 1.54) is 0 Å². The molecule has 4 heteroatoms. The van der Waals surface area contributed by atoms with Gasteiger partial charge in [0, 0.05) is 13.1 Å². The smallest absolute Gasteiger partial charge is 0.242 e. The van der Waals surface area contributed by atoms with Crippen molar-refractivity contribution in [2.45, 2.75) is 13.5 Å². The van der Waals surface area contributed by atoms with Gasteiger partial charge in [0.15, 0.2) is 0 Å². The molecule has 0 unspecified atom stereocenters. The number of ether oxygens (including phenoxy) is 1. The van der Waals surface area contributed by atoms with Crippen LogP contribution in [0.25, 0.3) is 0 Å². The topological polar surface area (TPSA) is 32.8 Å². The van der Waals surface area contributed by atoms with Gasteiger partial charge in [-0.05, 0) is 24.6 Å². The molecule has 120 valence electrons. The van der Waals surface area contributed by atoms with Gasteiger partial charge < -0.3 is 14.5 Å². The van der Waals surface area contributed by atoms with Crippen molar-refractivity contribution < 1.29 is 9.53 Å². The molecule has 0 fully saturated rings. The van der Waals surface area contributed by atoms with Gasteiger partial charge in [0.1, 0.15) is 12.4 Å². The lowest BCUT2D eigenvalue weighted by Crippen LogP contribution is -2.43. The third-order valence-electron chi connectivity index (χ3n) is 4.10. The molecule has 0 saturated heterocycles. The summed E-state index contributed by atoms with van der Waals surface area (Å²) in [5.41, 5.74) is 2.16. The normalized spacial score (nSPS) is 13.2. The highest BCUT2D eigenvalue weighted by Gasteiger charge is 2.22. The summed E-state index contributed by atoms with van der Waals surface area (Å²) >= 11 is 0. The molecule has 0 atom stereocenters. The quantitative estimate of drug-likeness (QED) is 0.851. The molecular formula is C19H22N2O2. The molecular weight excluding hydrogens is 288 g/mol. The summed E-state index contributed by atoms with van der Waals surface area (Å²) in [6.45, 7) is 5.14. The molecule has 2 aromatic rings. The van der Waals surface area contributed by atoms with Gasteiger partial charge in [0.25, 0.3) is 0 Å². The second kappa shape index (κ2) is 7.18. The van der Waals surface area contributed by atoms with Gasteiger partial charge >= 0.3 is 0 Å². The predicted octanol–water partition coefficient (Wildman–Crippen LogP) is 2.93. The van der Waals surface area contributed by atoms with E-state index in [-0.39, 0.29) is 5.91 Å². The van der Waals surface area contributed by atoms with Crippen LogP contribution in [0, 0.1) is 0 Å². The second-order valence-corrected chi connectivity index (χ2v) is 5.63. The van der Waals surface area contributed by atoms with Gasteiger partial charge in [-0.15, -0.1) is 0 Å². The summed E-state index contributed by atoms with van der Waals surface area (Å²) in [5, 5.41) is 0. The fourth-order valence-corrected chi connectivity index (χ4v) is 2.83. The molecule has 0 spiro atoms. The first kappa shape index (κ1) is 15.4. The minimum Gasteiger partial charge on any atom is -0.490 e. The third kappa shape index (κ3) is 3.65. The van der Waals surface area contributed by atoms with E-state index in [0.717, 1.165) is 23.5 Å². The van der Waals surface area contributed by atoms with Crippen LogP contribution in [0.1, 0.15) is 12.5 Å². The van der Waals surface area contributed by atoms with Crippen LogP contribution in [-0.2, 0) is 11.3 Å². The number of fused-ring (bicyclic) bond motifs is 1. The maximum atomic E-state index is 12.7. The Balaban J connectivity index is 1.68. The Morgan fingerprint density at radius 2 is 1.87 bits per heavy atom. The number of hydrogen-bond acceptors (Lipinski definition) is 3. The maximum absolute atomic E-state index is 12.7. The largest absolute Gasteiger partial charge is 0.490 e. The number of rotatable bonds is 5. The first-order valence-corrected chi connectivity index (χ1v) is 8.06. The standard InChI is InChI=1S/C19H22N2O2/c1-2-20(14-16-8-4-3-5-9-16)19(22)15-21-12-13-23-18-11-7-6-10-17(18)21/h3-11H,2,12-15H2,1H3. The van der Waals surface area contributed by atoms with Crippen molar-refractivity contribution >= 4 is 11.6 Å². The van der Waals surface area contributed by atoms with E-state index in [0.29, 0.717) is 26.2 Å². The van der Waals surface area contributed by atoms with E-state index in [2.05, 4.69) is 17.0 Å². The predicted molar refractivity (Wildman–Crippen MR) is 91.7 cm³/mol. The Morgan fingerprint density at radius 3 is 2.65 bits per heavy atom. The SMILES string of the molecule is CCN(Cc1ccccc1)C(=O)CN1CCOc2ccccc21. The number of nitrogens with zero attached hydrogens (tertiary/aromatic N) is 2. The number of benzene rings is 2. The van der Waals surface area contributed by atoms with Gasteiger partial charge in [-0.3, -0.25) is 4.79 Å². The molecule has 0 saturated carbocycles. The van der Waals surface area contributed by atoms with Gasteiger partial charge in [-0.25, -0.2) is 0 Å². The zero-order valence-electron chi connectivity index (χ0n) is 13.4. The summed E-state index contributed by atoms with van der Waals surface area (Å²) in [7, 11) is 0. The minimum absolute atomic E-state index is 0.146. The number of carbonyl (C=O) groups excluding carboxylic acids is 1. The number of hydrogen-bond donors (Lipinski definition) is 0. The van der Waals surface area contributed by atoms with Gasteiger partial charge in [-0.2, -0.15) is 0 Å². The first-order chi connectivity index (χ1) is 11.3. The van der Waals surface area contributed by atoms with Crippen molar-refractivity contribution in [3.05, 3.63) is 60.2 Å². The molecule has 4 nitrogen and oxygen atoms in total. The molecule has 1 amide bonds. The zero-order valence-corrected chi connectivity index (χ0v) is 13.4. The van der Waals surface area contributed by atoms with Crippen LogP contribution in [0.2, 0.25) is 0 Å². The van der Waals surface area contributed by atoms with Crippen LogP contribution in [0.3, 0.4) is 0 Å². The number of amides is 1.